The molecule has 1 aromatic carbocycles. The van der Waals surface area contributed by atoms with E-state index in [2.05, 4.69) is 43.0 Å². The number of rotatable bonds is 9. The third-order valence-electron chi connectivity index (χ3n) is 5.32. The summed E-state index contributed by atoms with van der Waals surface area (Å²) in [6.07, 6.45) is 8.11. The molecule has 0 spiro atoms. The molecule has 3 amide bonds. The first kappa shape index (κ1) is 23.2. The van der Waals surface area contributed by atoms with Gasteiger partial charge < -0.3 is 20.3 Å². The number of carbonyl (C=O) groups is 2. The Balaban J connectivity index is 1.49. The number of para-hydroxylation sites is 1. The third kappa shape index (κ3) is 6.78. The second-order valence-electron chi connectivity index (χ2n) is 7.60. The highest BCUT2D eigenvalue weighted by Crippen LogP contribution is 2.24. The van der Waals surface area contributed by atoms with Gasteiger partial charge in [0.25, 0.3) is 0 Å². The second kappa shape index (κ2) is 11.8. The van der Waals surface area contributed by atoms with Gasteiger partial charge in [-0.15, -0.1) is 0 Å². The van der Waals surface area contributed by atoms with Gasteiger partial charge >= 0.3 is 6.03 Å². The molecule has 3 rings (SSSR count). The highest BCUT2D eigenvalue weighted by atomic mass is 16.5. The molecule has 1 heterocycles. The van der Waals surface area contributed by atoms with Crippen LogP contribution in [0, 0.1) is 5.92 Å². The Morgan fingerprint density at radius 3 is 2.69 bits per heavy atom. The van der Waals surface area contributed by atoms with Gasteiger partial charge in [-0.05, 0) is 37.5 Å². The van der Waals surface area contributed by atoms with Crippen molar-refractivity contribution in [1.29, 1.82) is 0 Å². The van der Waals surface area contributed by atoms with Crippen LogP contribution in [-0.2, 0) is 9.53 Å². The number of methoxy groups -OCH3 is 1. The molecule has 2 aromatic rings. The van der Waals surface area contributed by atoms with Crippen LogP contribution in [0.15, 0.2) is 60.7 Å². The van der Waals surface area contributed by atoms with Gasteiger partial charge in [0.15, 0.2) is 5.82 Å². The van der Waals surface area contributed by atoms with Gasteiger partial charge in [-0.3, -0.25) is 15.1 Å². The fraction of sp³-hybridized carbons (Fsp3) is 0.391. The molecule has 2 unspecified atom stereocenters. The summed E-state index contributed by atoms with van der Waals surface area (Å²) in [5.74, 6) is -0.0271. The van der Waals surface area contributed by atoms with Crippen LogP contribution in [0.4, 0.5) is 16.3 Å². The lowest BCUT2D eigenvalue weighted by molar-refractivity contribution is -0.124. The zero-order valence-electron chi connectivity index (χ0n) is 18.5. The van der Waals surface area contributed by atoms with Gasteiger partial charge in [-0.1, -0.05) is 18.2 Å². The van der Waals surface area contributed by atoms with Crippen molar-refractivity contribution in [1.82, 2.24) is 20.6 Å². The van der Waals surface area contributed by atoms with E-state index in [1.165, 1.54) is 18.6 Å². The lowest BCUT2D eigenvalue weighted by Crippen LogP contribution is -2.40. The first-order chi connectivity index (χ1) is 15.6. The van der Waals surface area contributed by atoms with Crippen LogP contribution < -0.4 is 20.9 Å². The van der Waals surface area contributed by atoms with Crippen molar-refractivity contribution in [3.8, 4) is 0 Å². The molecule has 0 radical (unpaired) electrons. The molecule has 32 heavy (non-hydrogen) atoms. The first-order valence-electron chi connectivity index (χ1n) is 10.7. The van der Waals surface area contributed by atoms with Crippen molar-refractivity contribution in [2.24, 2.45) is 5.92 Å². The molecule has 170 valence electrons. The Kier molecular flexibility index (Phi) is 8.56. The first-order valence-corrected chi connectivity index (χ1v) is 10.7. The summed E-state index contributed by atoms with van der Waals surface area (Å²) in [5, 5.41) is 8.41. The Morgan fingerprint density at radius 1 is 1.16 bits per heavy atom. The highest BCUT2D eigenvalue weighted by molar-refractivity contribution is 5.89. The summed E-state index contributed by atoms with van der Waals surface area (Å²) in [7, 11) is 3.63. The molecule has 0 bridgehead atoms. The summed E-state index contributed by atoms with van der Waals surface area (Å²) in [5.41, 5.74) is 1.72. The van der Waals surface area contributed by atoms with E-state index in [4.69, 9.17) is 4.74 Å². The van der Waals surface area contributed by atoms with Crippen LogP contribution in [-0.4, -0.2) is 55.3 Å². The van der Waals surface area contributed by atoms with Crippen LogP contribution in [0.5, 0.6) is 0 Å². The number of hydrogen-bond acceptors (Lipinski definition) is 6. The van der Waals surface area contributed by atoms with Gasteiger partial charge in [-0.2, -0.15) is 0 Å². The lowest BCUT2D eigenvalue weighted by atomic mass is 9.91. The van der Waals surface area contributed by atoms with Gasteiger partial charge in [0, 0.05) is 51.0 Å². The molecule has 1 aromatic heterocycles. The van der Waals surface area contributed by atoms with Crippen LogP contribution in [0.3, 0.4) is 0 Å². The highest BCUT2D eigenvalue weighted by Gasteiger charge is 2.28. The van der Waals surface area contributed by atoms with E-state index >= 15 is 0 Å². The second-order valence-corrected chi connectivity index (χ2v) is 7.60. The fourth-order valence-corrected chi connectivity index (χ4v) is 3.58. The topological polar surface area (TPSA) is 108 Å². The number of hydrogen-bond donors (Lipinski definition) is 3. The normalized spacial score (nSPS) is 17.8. The summed E-state index contributed by atoms with van der Waals surface area (Å²) >= 11 is 0. The predicted molar refractivity (Wildman–Crippen MR) is 123 cm³/mol. The summed E-state index contributed by atoms with van der Waals surface area (Å²) in [4.78, 5) is 35.1. The number of nitrogens with zero attached hydrogens (tertiary/aromatic N) is 3. The van der Waals surface area contributed by atoms with Crippen molar-refractivity contribution in [3.63, 3.8) is 0 Å². The van der Waals surface area contributed by atoms with Crippen molar-refractivity contribution < 1.29 is 14.3 Å². The molecule has 0 fully saturated rings. The van der Waals surface area contributed by atoms with Crippen molar-refractivity contribution >= 4 is 23.4 Å². The SMILES string of the molecule is COC1CCC(C(=O)NCCCN(C)c2ccccc2)C=C1NC(=O)Nc1cnccn1. The quantitative estimate of drug-likeness (QED) is 0.519. The number of nitrogens with one attached hydrogen (secondary N) is 3. The maximum Gasteiger partial charge on any atom is 0.324 e. The minimum absolute atomic E-state index is 0.0458. The van der Waals surface area contributed by atoms with E-state index in [1.54, 1.807) is 13.2 Å². The molecule has 1 aliphatic rings. The molecule has 9 heteroatoms. The molecular weight excluding hydrogens is 408 g/mol. The molecule has 0 saturated carbocycles. The average Bonchev–Trinajstić information content (AvgIpc) is 2.82. The fourth-order valence-electron chi connectivity index (χ4n) is 3.58. The number of urea groups is 1. The Morgan fingerprint density at radius 2 is 1.97 bits per heavy atom. The monoisotopic (exact) mass is 438 g/mol. The van der Waals surface area contributed by atoms with Crippen LogP contribution in [0.25, 0.3) is 0 Å². The van der Waals surface area contributed by atoms with E-state index in [1.807, 2.05) is 25.2 Å². The average molecular weight is 439 g/mol. The smallest absolute Gasteiger partial charge is 0.324 e. The molecule has 0 aliphatic heterocycles. The van der Waals surface area contributed by atoms with Crippen molar-refractivity contribution in [2.45, 2.75) is 25.4 Å². The Bertz CT molecular complexity index is 906. The van der Waals surface area contributed by atoms with E-state index in [0.29, 0.717) is 30.9 Å². The zero-order valence-corrected chi connectivity index (χ0v) is 18.5. The van der Waals surface area contributed by atoms with E-state index < -0.39 is 6.03 Å². The van der Waals surface area contributed by atoms with E-state index in [-0.39, 0.29) is 17.9 Å². The number of carbonyl (C=O) groups excluding carboxylic acids is 2. The number of amides is 3. The minimum Gasteiger partial charge on any atom is -0.375 e. The van der Waals surface area contributed by atoms with Gasteiger partial charge in [0.1, 0.15) is 0 Å². The number of ether oxygens (including phenoxy) is 1. The molecule has 9 nitrogen and oxygen atoms in total. The third-order valence-corrected chi connectivity index (χ3v) is 5.32. The maximum atomic E-state index is 12.7. The summed E-state index contributed by atoms with van der Waals surface area (Å²) in [6.45, 7) is 1.43. The van der Waals surface area contributed by atoms with E-state index in [9.17, 15) is 9.59 Å². The van der Waals surface area contributed by atoms with Gasteiger partial charge in [0.2, 0.25) is 5.91 Å². The molecule has 0 saturated heterocycles. The van der Waals surface area contributed by atoms with E-state index in [0.717, 1.165) is 18.7 Å². The number of benzene rings is 1. The lowest BCUT2D eigenvalue weighted by Gasteiger charge is -2.27. The minimum atomic E-state index is -0.455. The standard InChI is InChI=1S/C23H30N6O3/c1-29(18-7-4-3-5-8-18)14-6-11-26-22(30)17-9-10-20(32-2)19(15-17)27-23(31)28-21-16-24-12-13-25-21/h3-5,7-8,12-13,15-17,20H,6,9-11,14H2,1-2H3,(H,26,30)(H2,25,27,28,31). The molecule has 1 aliphatic carbocycles. The van der Waals surface area contributed by atoms with Gasteiger partial charge in [-0.25, -0.2) is 9.78 Å². The van der Waals surface area contributed by atoms with Crippen molar-refractivity contribution in [2.75, 3.05) is 37.5 Å². The van der Waals surface area contributed by atoms with Crippen LogP contribution >= 0.6 is 0 Å². The van der Waals surface area contributed by atoms with Crippen LogP contribution in [0.2, 0.25) is 0 Å². The molecule has 3 N–H and O–H groups in total. The molecular formula is C23H30N6O3. The zero-order chi connectivity index (χ0) is 22.8. The maximum absolute atomic E-state index is 12.7. The van der Waals surface area contributed by atoms with Gasteiger partial charge in [0.05, 0.1) is 18.2 Å². The Hall–Kier alpha value is -3.46. The van der Waals surface area contributed by atoms with Crippen molar-refractivity contribution in [3.05, 3.63) is 60.7 Å². The largest absolute Gasteiger partial charge is 0.375 e. The van der Waals surface area contributed by atoms with Crippen LogP contribution in [0.1, 0.15) is 19.3 Å². The predicted octanol–water partition coefficient (Wildman–Crippen LogP) is 2.55. The summed E-state index contributed by atoms with van der Waals surface area (Å²) < 4.78 is 5.47. The summed E-state index contributed by atoms with van der Waals surface area (Å²) in [6, 6.07) is 9.68. The number of anilines is 2. The number of aromatic nitrogens is 2. The Labute approximate surface area is 188 Å². The molecule has 2 atom stereocenters.